The van der Waals surface area contributed by atoms with Crippen LogP contribution in [0.3, 0.4) is 0 Å². The van der Waals surface area contributed by atoms with Gasteiger partial charge in [-0.1, -0.05) is 29.6 Å². The Bertz CT molecular complexity index is 433. The molecule has 0 aromatic carbocycles. The number of hydrogen-bond acceptors (Lipinski definition) is 4. The molecule has 98 valence electrons. The van der Waals surface area contributed by atoms with Crippen LogP contribution in [0.15, 0.2) is 12.1 Å². The van der Waals surface area contributed by atoms with Crippen LogP contribution in [0.5, 0.6) is 0 Å². The lowest BCUT2D eigenvalue weighted by molar-refractivity contribution is -0.150. The molecule has 2 rings (SSSR count). The molecule has 1 aliphatic carbocycles. The molecule has 0 spiro atoms. The summed E-state index contributed by atoms with van der Waals surface area (Å²) >= 11 is 11.5. The number of nitrogens with two attached hydrogens (primary N) is 1. The van der Waals surface area contributed by atoms with Gasteiger partial charge in [0.1, 0.15) is 16.9 Å². The van der Waals surface area contributed by atoms with Crippen molar-refractivity contribution < 1.29 is 9.53 Å². The van der Waals surface area contributed by atoms with Crippen LogP contribution in [0.4, 0.5) is 0 Å². The number of nitrogens with zero attached hydrogens (tertiary/aromatic N) is 1. The number of halogens is 2. The molecule has 1 heterocycles. The van der Waals surface area contributed by atoms with Gasteiger partial charge in [0, 0.05) is 6.04 Å². The Morgan fingerprint density at radius 1 is 1.39 bits per heavy atom. The zero-order valence-electron chi connectivity index (χ0n) is 9.73. The number of hydrogen-bond donors (Lipinski definition) is 1. The molecule has 2 N–H and O–H groups in total. The molecule has 0 radical (unpaired) electrons. The van der Waals surface area contributed by atoms with E-state index in [0.717, 1.165) is 24.8 Å². The maximum atomic E-state index is 11.8. The summed E-state index contributed by atoms with van der Waals surface area (Å²) in [6.07, 6.45) is 2.67. The van der Waals surface area contributed by atoms with Crippen molar-refractivity contribution in [3.8, 4) is 0 Å². The fraction of sp³-hybridized carbons (Fsp3) is 0.500. The Kier molecular flexibility index (Phi) is 4.43. The lowest BCUT2D eigenvalue weighted by Crippen LogP contribution is -2.31. The summed E-state index contributed by atoms with van der Waals surface area (Å²) in [5.41, 5.74) is 6.57. The first-order valence-electron chi connectivity index (χ1n) is 5.80. The number of pyridine rings is 1. The van der Waals surface area contributed by atoms with E-state index >= 15 is 0 Å². The molecule has 18 heavy (non-hydrogen) atoms. The zero-order valence-corrected chi connectivity index (χ0v) is 11.2. The average molecular weight is 289 g/mol. The largest absolute Gasteiger partial charge is 0.461 e. The van der Waals surface area contributed by atoms with E-state index < -0.39 is 0 Å². The Labute approximate surface area is 115 Å². The van der Waals surface area contributed by atoms with Crippen LogP contribution in [0.1, 0.15) is 24.8 Å². The summed E-state index contributed by atoms with van der Waals surface area (Å²) in [6, 6.07) is 3.16. The van der Waals surface area contributed by atoms with Crippen molar-refractivity contribution in [1.29, 1.82) is 0 Å². The molecule has 1 fully saturated rings. The highest BCUT2D eigenvalue weighted by molar-refractivity contribution is 6.32. The molecule has 1 aromatic heterocycles. The second-order valence-corrected chi connectivity index (χ2v) is 5.20. The summed E-state index contributed by atoms with van der Waals surface area (Å²) in [5.74, 6) is -0.429. The third-order valence-corrected chi connectivity index (χ3v) is 3.46. The highest BCUT2D eigenvalue weighted by atomic mass is 35.5. The van der Waals surface area contributed by atoms with Crippen LogP contribution in [0.2, 0.25) is 10.3 Å². The van der Waals surface area contributed by atoms with Crippen molar-refractivity contribution in [3.63, 3.8) is 0 Å². The minimum absolute atomic E-state index is 0.0814. The number of carbonyl (C=O) groups excluding carboxylic acids is 1. The number of ether oxygens (including phenoxy) is 1. The molecule has 6 heteroatoms. The van der Waals surface area contributed by atoms with Crippen molar-refractivity contribution in [2.24, 2.45) is 11.7 Å². The van der Waals surface area contributed by atoms with E-state index in [9.17, 15) is 4.79 Å². The van der Waals surface area contributed by atoms with E-state index in [2.05, 4.69) is 4.98 Å². The molecule has 1 aromatic rings. The lowest BCUT2D eigenvalue weighted by Gasteiger charge is -2.14. The van der Waals surface area contributed by atoms with Gasteiger partial charge in [-0.3, -0.25) is 4.79 Å². The SMILES string of the molecule is N[C@H]1CCC[C@H]1C(=O)OCc1cc(Cl)nc(Cl)c1. The van der Waals surface area contributed by atoms with Crippen LogP contribution in [0, 0.1) is 5.92 Å². The highest BCUT2D eigenvalue weighted by Crippen LogP contribution is 2.25. The van der Waals surface area contributed by atoms with E-state index in [1.54, 1.807) is 12.1 Å². The molecule has 4 nitrogen and oxygen atoms in total. The van der Waals surface area contributed by atoms with Crippen LogP contribution in [-0.4, -0.2) is 17.0 Å². The quantitative estimate of drug-likeness (QED) is 0.686. The maximum absolute atomic E-state index is 11.8. The Hall–Kier alpha value is -0.840. The first-order chi connectivity index (χ1) is 8.56. The molecule has 2 atom stereocenters. The van der Waals surface area contributed by atoms with Gasteiger partial charge in [0.2, 0.25) is 0 Å². The average Bonchev–Trinajstić information content (AvgIpc) is 2.71. The minimum Gasteiger partial charge on any atom is -0.461 e. The normalized spacial score (nSPS) is 23.1. The van der Waals surface area contributed by atoms with Crippen LogP contribution in [0.25, 0.3) is 0 Å². The second-order valence-electron chi connectivity index (χ2n) is 4.43. The molecule has 1 saturated carbocycles. The van der Waals surface area contributed by atoms with E-state index in [0.29, 0.717) is 0 Å². The standard InChI is InChI=1S/C12H14Cl2N2O2/c13-10-4-7(5-11(14)16-10)6-18-12(17)8-2-1-3-9(8)15/h4-5,8-9H,1-3,6,15H2/t8-,9+/m1/s1. The molecular formula is C12H14Cl2N2O2. The van der Waals surface area contributed by atoms with Crippen LogP contribution >= 0.6 is 23.2 Å². The summed E-state index contributed by atoms with van der Waals surface area (Å²) in [6.45, 7) is 0.143. The Balaban J connectivity index is 1.92. The monoisotopic (exact) mass is 288 g/mol. The fourth-order valence-corrected chi connectivity index (χ4v) is 2.65. The van der Waals surface area contributed by atoms with Gasteiger partial charge in [0.05, 0.1) is 5.92 Å². The second kappa shape index (κ2) is 5.87. The maximum Gasteiger partial charge on any atom is 0.310 e. The Morgan fingerprint density at radius 3 is 2.61 bits per heavy atom. The van der Waals surface area contributed by atoms with Crippen molar-refractivity contribution in [1.82, 2.24) is 4.98 Å². The third kappa shape index (κ3) is 3.34. The first-order valence-corrected chi connectivity index (χ1v) is 6.56. The number of esters is 1. The van der Waals surface area contributed by atoms with Crippen molar-refractivity contribution in [2.75, 3.05) is 0 Å². The third-order valence-electron chi connectivity index (χ3n) is 3.08. The van der Waals surface area contributed by atoms with Crippen LogP contribution < -0.4 is 5.73 Å². The van der Waals surface area contributed by atoms with E-state index in [4.69, 9.17) is 33.7 Å². The summed E-state index contributed by atoms with van der Waals surface area (Å²) < 4.78 is 5.23. The zero-order chi connectivity index (χ0) is 13.1. The highest BCUT2D eigenvalue weighted by Gasteiger charge is 2.31. The summed E-state index contributed by atoms with van der Waals surface area (Å²) in [7, 11) is 0. The van der Waals surface area contributed by atoms with E-state index in [1.165, 1.54) is 0 Å². The van der Waals surface area contributed by atoms with E-state index in [1.807, 2.05) is 0 Å². The molecule has 0 aliphatic heterocycles. The van der Waals surface area contributed by atoms with Gasteiger partial charge < -0.3 is 10.5 Å². The topological polar surface area (TPSA) is 65.2 Å². The number of rotatable bonds is 3. The van der Waals surface area contributed by atoms with Gasteiger partial charge in [0.15, 0.2) is 0 Å². The molecule has 0 saturated heterocycles. The van der Waals surface area contributed by atoms with Crippen molar-refractivity contribution in [2.45, 2.75) is 31.9 Å². The minimum atomic E-state index is -0.246. The predicted octanol–water partition coefficient (Wildman–Crippen LogP) is 2.56. The Morgan fingerprint density at radius 2 is 2.06 bits per heavy atom. The molecule has 0 bridgehead atoms. The smallest absolute Gasteiger partial charge is 0.310 e. The van der Waals surface area contributed by atoms with Crippen molar-refractivity contribution in [3.05, 3.63) is 28.0 Å². The predicted molar refractivity (Wildman–Crippen MR) is 69.4 cm³/mol. The molecule has 0 unspecified atom stereocenters. The van der Waals surface area contributed by atoms with Gasteiger partial charge >= 0.3 is 5.97 Å². The van der Waals surface area contributed by atoms with Gasteiger partial charge in [-0.2, -0.15) is 0 Å². The van der Waals surface area contributed by atoms with Gasteiger partial charge in [-0.05, 0) is 30.5 Å². The first kappa shape index (κ1) is 13.6. The van der Waals surface area contributed by atoms with Gasteiger partial charge in [-0.25, -0.2) is 4.98 Å². The molecule has 1 aliphatic rings. The van der Waals surface area contributed by atoms with Gasteiger partial charge in [-0.15, -0.1) is 0 Å². The van der Waals surface area contributed by atoms with Gasteiger partial charge in [0.25, 0.3) is 0 Å². The van der Waals surface area contributed by atoms with E-state index in [-0.39, 0.29) is 34.8 Å². The van der Waals surface area contributed by atoms with Crippen LogP contribution in [-0.2, 0) is 16.1 Å². The fourth-order valence-electron chi connectivity index (χ4n) is 2.14. The number of carbonyl (C=O) groups is 1. The van der Waals surface area contributed by atoms with Crippen molar-refractivity contribution >= 4 is 29.2 Å². The lowest BCUT2D eigenvalue weighted by atomic mass is 10.1. The number of aromatic nitrogens is 1. The summed E-state index contributed by atoms with van der Waals surface area (Å²) in [5, 5.41) is 0.567. The summed E-state index contributed by atoms with van der Waals surface area (Å²) in [4.78, 5) is 15.6. The molecular weight excluding hydrogens is 275 g/mol. The molecule has 0 amide bonds.